The Morgan fingerprint density at radius 2 is 1.95 bits per heavy atom. The molecule has 106 valence electrons. The van der Waals surface area contributed by atoms with Crippen LogP contribution in [0.15, 0.2) is 42.7 Å². The number of aryl methyl sites for hydroxylation is 1. The normalized spacial score (nSPS) is 12.2. The second kappa shape index (κ2) is 7.06. The first-order valence-electron chi connectivity index (χ1n) is 7.04. The van der Waals surface area contributed by atoms with E-state index in [0.29, 0.717) is 0 Å². The van der Waals surface area contributed by atoms with Gasteiger partial charge in [-0.1, -0.05) is 24.6 Å². The van der Waals surface area contributed by atoms with Gasteiger partial charge in [-0.15, -0.1) is 0 Å². The third kappa shape index (κ3) is 3.36. The smallest absolute Gasteiger partial charge is 0.123 e. The average Bonchev–Trinajstić information content (AvgIpc) is 2.49. The van der Waals surface area contributed by atoms with Crippen LogP contribution in [0.3, 0.4) is 0 Å². The second-order valence-electron chi connectivity index (χ2n) is 4.91. The first-order valence-corrected chi connectivity index (χ1v) is 7.04. The predicted octanol–water partition coefficient (Wildman–Crippen LogP) is 3.49. The number of pyridine rings is 1. The Kier molecular flexibility index (Phi) is 5.13. The Bertz CT molecular complexity index is 540. The number of aromatic nitrogens is 1. The molecular formula is C17H22N2O. The summed E-state index contributed by atoms with van der Waals surface area (Å²) in [6.45, 7) is 5.24. The number of methoxy groups -OCH3 is 1. The highest BCUT2D eigenvalue weighted by atomic mass is 16.5. The van der Waals surface area contributed by atoms with Gasteiger partial charge in [-0.3, -0.25) is 4.98 Å². The van der Waals surface area contributed by atoms with Crippen molar-refractivity contribution in [1.29, 1.82) is 0 Å². The Morgan fingerprint density at radius 1 is 1.20 bits per heavy atom. The summed E-state index contributed by atoms with van der Waals surface area (Å²) in [5.74, 6) is 0.918. The average molecular weight is 270 g/mol. The van der Waals surface area contributed by atoms with Gasteiger partial charge in [0.05, 0.1) is 13.2 Å². The minimum atomic E-state index is 0.132. The lowest BCUT2D eigenvalue weighted by molar-refractivity contribution is 0.403. The molecule has 0 radical (unpaired) electrons. The molecule has 0 amide bonds. The molecule has 3 nitrogen and oxygen atoms in total. The topological polar surface area (TPSA) is 34.2 Å². The van der Waals surface area contributed by atoms with Crippen molar-refractivity contribution in [2.24, 2.45) is 0 Å². The monoisotopic (exact) mass is 270 g/mol. The maximum Gasteiger partial charge on any atom is 0.123 e. The summed E-state index contributed by atoms with van der Waals surface area (Å²) >= 11 is 0. The van der Waals surface area contributed by atoms with Crippen molar-refractivity contribution in [2.45, 2.75) is 26.3 Å². The molecule has 1 N–H and O–H groups in total. The molecule has 0 bridgehead atoms. The van der Waals surface area contributed by atoms with Crippen molar-refractivity contribution in [3.8, 4) is 5.75 Å². The quantitative estimate of drug-likeness (QED) is 0.872. The van der Waals surface area contributed by atoms with Gasteiger partial charge < -0.3 is 10.1 Å². The molecule has 0 saturated carbocycles. The molecule has 2 aromatic rings. The molecule has 1 aromatic heterocycles. The molecule has 1 atom stereocenters. The zero-order valence-electron chi connectivity index (χ0n) is 12.4. The molecule has 20 heavy (non-hydrogen) atoms. The van der Waals surface area contributed by atoms with Crippen LogP contribution in [-0.2, 0) is 0 Å². The highest BCUT2D eigenvalue weighted by Crippen LogP contribution is 2.30. The Hall–Kier alpha value is -1.87. The third-order valence-corrected chi connectivity index (χ3v) is 3.33. The molecule has 1 heterocycles. The predicted molar refractivity (Wildman–Crippen MR) is 82.1 cm³/mol. The zero-order valence-corrected chi connectivity index (χ0v) is 12.4. The highest BCUT2D eigenvalue weighted by molar-refractivity contribution is 5.43. The van der Waals surface area contributed by atoms with E-state index in [-0.39, 0.29) is 6.04 Å². The van der Waals surface area contributed by atoms with E-state index in [0.717, 1.165) is 18.7 Å². The van der Waals surface area contributed by atoms with Gasteiger partial charge in [-0.05, 0) is 43.7 Å². The van der Waals surface area contributed by atoms with Gasteiger partial charge in [0.1, 0.15) is 5.75 Å². The fourth-order valence-electron chi connectivity index (χ4n) is 2.33. The number of ether oxygens (including phenoxy) is 1. The van der Waals surface area contributed by atoms with Gasteiger partial charge in [0, 0.05) is 18.0 Å². The summed E-state index contributed by atoms with van der Waals surface area (Å²) in [5.41, 5.74) is 3.61. The summed E-state index contributed by atoms with van der Waals surface area (Å²) in [6, 6.07) is 10.5. The van der Waals surface area contributed by atoms with Gasteiger partial charge in [-0.2, -0.15) is 0 Å². The second-order valence-corrected chi connectivity index (χ2v) is 4.91. The van der Waals surface area contributed by atoms with Crippen molar-refractivity contribution < 1.29 is 4.74 Å². The van der Waals surface area contributed by atoms with Gasteiger partial charge in [0.25, 0.3) is 0 Å². The van der Waals surface area contributed by atoms with Crippen LogP contribution in [0.2, 0.25) is 0 Å². The molecule has 0 aliphatic heterocycles. The standard InChI is InChI=1S/C17H22N2O/c1-4-9-19-17(14-7-10-18-11-8-14)15-12-13(2)5-6-16(15)20-3/h5-8,10-12,17,19H,4,9H2,1-3H3. The van der Waals surface area contributed by atoms with E-state index >= 15 is 0 Å². The van der Waals surface area contributed by atoms with Crippen molar-refractivity contribution in [2.75, 3.05) is 13.7 Å². The van der Waals surface area contributed by atoms with E-state index < -0.39 is 0 Å². The summed E-state index contributed by atoms with van der Waals surface area (Å²) < 4.78 is 5.53. The van der Waals surface area contributed by atoms with Crippen LogP contribution in [-0.4, -0.2) is 18.6 Å². The first kappa shape index (κ1) is 14.5. The van der Waals surface area contributed by atoms with Crippen molar-refractivity contribution >= 4 is 0 Å². The largest absolute Gasteiger partial charge is 0.496 e. The maximum absolute atomic E-state index is 5.53. The molecular weight excluding hydrogens is 248 g/mol. The molecule has 0 spiro atoms. The Balaban J connectivity index is 2.43. The lowest BCUT2D eigenvalue weighted by Gasteiger charge is -2.22. The van der Waals surface area contributed by atoms with E-state index in [1.54, 1.807) is 7.11 Å². The Morgan fingerprint density at radius 3 is 2.60 bits per heavy atom. The van der Waals surface area contributed by atoms with Gasteiger partial charge in [0.15, 0.2) is 0 Å². The van der Waals surface area contributed by atoms with E-state index in [9.17, 15) is 0 Å². The number of hydrogen-bond acceptors (Lipinski definition) is 3. The molecule has 0 saturated heterocycles. The lowest BCUT2D eigenvalue weighted by atomic mass is 9.97. The van der Waals surface area contributed by atoms with Crippen LogP contribution in [0.25, 0.3) is 0 Å². The van der Waals surface area contributed by atoms with Crippen LogP contribution >= 0.6 is 0 Å². The van der Waals surface area contributed by atoms with E-state index in [1.807, 2.05) is 18.5 Å². The number of rotatable bonds is 6. The number of benzene rings is 1. The van der Waals surface area contributed by atoms with E-state index in [1.165, 1.54) is 16.7 Å². The minimum absolute atomic E-state index is 0.132. The molecule has 3 heteroatoms. The first-order chi connectivity index (χ1) is 9.76. The Labute approximate surface area is 121 Å². The highest BCUT2D eigenvalue weighted by Gasteiger charge is 2.17. The number of hydrogen-bond donors (Lipinski definition) is 1. The van der Waals surface area contributed by atoms with Crippen molar-refractivity contribution in [3.05, 3.63) is 59.4 Å². The molecule has 1 unspecified atom stereocenters. The summed E-state index contributed by atoms with van der Waals surface area (Å²) in [5, 5.41) is 3.60. The SMILES string of the molecule is CCCNC(c1ccncc1)c1cc(C)ccc1OC. The van der Waals surface area contributed by atoms with Crippen LogP contribution in [0.1, 0.15) is 36.1 Å². The van der Waals surface area contributed by atoms with Gasteiger partial charge in [-0.25, -0.2) is 0 Å². The van der Waals surface area contributed by atoms with Crippen molar-refractivity contribution in [1.82, 2.24) is 10.3 Å². The maximum atomic E-state index is 5.53. The van der Waals surface area contributed by atoms with Gasteiger partial charge >= 0.3 is 0 Å². The fourth-order valence-corrected chi connectivity index (χ4v) is 2.33. The van der Waals surface area contributed by atoms with E-state index in [4.69, 9.17) is 4.74 Å². The molecule has 2 rings (SSSR count). The summed E-state index contributed by atoms with van der Waals surface area (Å²) in [4.78, 5) is 4.10. The third-order valence-electron chi connectivity index (χ3n) is 3.33. The molecule has 0 aliphatic carbocycles. The molecule has 1 aromatic carbocycles. The zero-order chi connectivity index (χ0) is 14.4. The number of nitrogens with one attached hydrogen (secondary N) is 1. The van der Waals surface area contributed by atoms with Crippen LogP contribution < -0.4 is 10.1 Å². The lowest BCUT2D eigenvalue weighted by Crippen LogP contribution is -2.23. The molecule has 0 aliphatic rings. The summed E-state index contributed by atoms with van der Waals surface area (Å²) in [6.07, 6.45) is 4.76. The summed E-state index contributed by atoms with van der Waals surface area (Å²) in [7, 11) is 1.72. The van der Waals surface area contributed by atoms with Crippen LogP contribution in [0.5, 0.6) is 5.75 Å². The van der Waals surface area contributed by atoms with E-state index in [2.05, 4.69) is 48.4 Å². The van der Waals surface area contributed by atoms with Gasteiger partial charge in [0.2, 0.25) is 0 Å². The fraction of sp³-hybridized carbons (Fsp3) is 0.353. The number of nitrogens with zero attached hydrogens (tertiary/aromatic N) is 1. The van der Waals surface area contributed by atoms with Crippen molar-refractivity contribution in [3.63, 3.8) is 0 Å². The minimum Gasteiger partial charge on any atom is -0.496 e. The van der Waals surface area contributed by atoms with Crippen LogP contribution in [0.4, 0.5) is 0 Å². The van der Waals surface area contributed by atoms with Crippen LogP contribution in [0, 0.1) is 6.92 Å². The molecule has 0 fully saturated rings.